The van der Waals surface area contributed by atoms with Crippen LogP contribution in [0.1, 0.15) is 15.9 Å². The molecule has 0 aliphatic carbocycles. The van der Waals surface area contributed by atoms with E-state index >= 15 is 0 Å². The fourth-order valence-corrected chi connectivity index (χ4v) is 2.03. The Kier molecular flexibility index (Phi) is 4.52. The first kappa shape index (κ1) is 15.9. The molecule has 0 fully saturated rings. The van der Waals surface area contributed by atoms with Crippen molar-refractivity contribution in [1.82, 2.24) is 4.57 Å². The van der Waals surface area contributed by atoms with Gasteiger partial charge in [0, 0.05) is 6.07 Å². The average molecular weight is 313 g/mol. The molecule has 2 rings (SSSR count). The summed E-state index contributed by atoms with van der Waals surface area (Å²) in [4.78, 5) is 34.5. The van der Waals surface area contributed by atoms with Gasteiger partial charge < -0.3 is 4.74 Å². The topological polar surface area (TPSA) is 115 Å². The zero-order valence-corrected chi connectivity index (χ0v) is 12.1. The van der Waals surface area contributed by atoms with Crippen LogP contribution in [-0.4, -0.2) is 22.4 Å². The first-order valence-corrected chi connectivity index (χ1v) is 6.43. The molecule has 0 N–H and O–H groups in total. The molecule has 116 valence electrons. The van der Waals surface area contributed by atoms with Crippen LogP contribution in [0.4, 0.5) is 5.69 Å². The van der Waals surface area contributed by atoms with Crippen molar-refractivity contribution < 1.29 is 14.5 Å². The second-order valence-electron chi connectivity index (χ2n) is 4.54. The molecule has 0 bridgehead atoms. The van der Waals surface area contributed by atoms with E-state index in [2.05, 4.69) is 0 Å². The van der Waals surface area contributed by atoms with Crippen LogP contribution < -0.4 is 10.3 Å². The number of nitro groups is 1. The van der Waals surface area contributed by atoms with E-state index in [-0.39, 0.29) is 5.56 Å². The van der Waals surface area contributed by atoms with Crippen LogP contribution in [0.15, 0.2) is 41.3 Å². The number of carbonyl (C=O) groups is 1. The van der Waals surface area contributed by atoms with Crippen LogP contribution >= 0.6 is 0 Å². The zero-order valence-electron chi connectivity index (χ0n) is 12.1. The molecule has 0 aliphatic rings. The van der Waals surface area contributed by atoms with Gasteiger partial charge in [-0.2, -0.15) is 5.26 Å². The number of Topliss-reactive ketones (excluding diaryl/α,β-unsaturated/α-hetero) is 1. The van der Waals surface area contributed by atoms with Gasteiger partial charge in [-0.1, -0.05) is 12.1 Å². The van der Waals surface area contributed by atoms with Crippen molar-refractivity contribution in [2.75, 3.05) is 7.11 Å². The lowest BCUT2D eigenvalue weighted by Gasteiger charge is -2.09. The largest absolute Gasteiger partial charge is 0.496 e. The molecule has 0 amide bonds. The number of nitrogens with zero attached hydrogens (tertiary/aromatic N) is 3. The third-order valence-corrected chi connectivity index (χ3v) is 3.12. The minimum Gasteiger partial charge on any atom is -0.496 e. The number of carbonyl (C=O) groups excluding carboxylic acids is 1. The summed E-state index contributed by atoms with van der Waals surface area (Å²) in [5.41, 5.74) is -1.35. The summed E-state index contributed by atoms with van der Waals surface area (Å²) in [6.45, 7) is -0.435. The molecular weight excluding hydrogens is 302 g/mol. The maximum absolute atomic E-state index is 12.3. The molecule has 8 heteroatoms. The molecule has 0 spiro atoms. The van der Waals surface area contributed by atoms with Crippen LogP contribution in [-0.2, 0) is 6.54 Å². The number of pyridine rings is 1. The van der Waals surface area contributed by atoms with Crippen LogP contribution in [0.3, 0.4) is 0 Å². The molecule has 0 radical (unpaired) electrons. The van der Waals surface area contributed by atoms with Crippen molar-refractivity contribution in [1.29, 1.82) is 5.26 Å². The summed E-state index contributed by atoms with van der Waals surface area (Å²) >= 11 is 0. The summed E-state index contributed by atoms with van der Waals surface area (Å²) in [7, 11) is 1.40. The Hall–Kier alpha value is -3.47. The number of nitriles is 1. The van der Waals surface area contributed by atoms with Crippen molar-refractivity contribution in [3.63, 3.8) is 0 Å². The monoisotopic (exact) mass is 313 g/mol. The number of hydrogen-bond acceptors (Lipinski definition) is 6. The minimum atomic E-state index is -0.763. The lowest BCUT2D eigenvalue weighted by atomic mass is 10.1. The summed E-state index contributed by atoms with van der Waals surface area (Å²) in [6.07, 6.45) is 0.941. The predicted molar refractivity (Wildman–Crippen MR) is 79.4 cm³/mol. The van der Waals surface area contributed by atoms with E-state index < -0.39 is 34.1 Å². The standard InChI is InChI=1S/C15H11N3O5/c1-23-14-5-3-2-4-12(14)13(19)9-17-8-11(18(21)22)6-10(7-16)15(17)20/h2-6,8H,9H2,1H3. The van der Waals surface area contributed by atoms with Crippen LogP contribution in [0.25, 0.3) is 0 Å². The molecule has 0 unspecified atom stereocenters. The smallest absolute Gasteiger partial charge is 0.287 e. The highest BCUT2D eigenvalue weighted by molar-refractivity contribution is 5.98. The predicted octanol–water partition coefficient (Wildman–Crippen LogP) is 1.52. The van der Waals surface area contributed by atoms with Gasteiger partial charge in [-0.05, 0) is 12.1 Å². The number of hydrogen-bond donors (Lipinski definition) is 0. The Morgan fingerprint density at radius 3 is 2.74 bits per heavy atom. The third-order valence-electron chi connectivity index (χ3n) is 3.12. The van der Waals surface area contributed by atoms with E-state index in [4.69, 9.17) is 10.00 Å². The molecular formula is C15H11N3O5. The number of aromatic nitrogens is 1. The average Bonchev–Trinajstić information content (AvgIpc) is 2.56. The number of rotatable bonds is 5. The Morgan fingerprint density at radius 1 is 1.43 bits per heavy atom. The van der Waals surface area contributed by atoms with Gasteiger partial charge in [0.15, 0.2) is 5.78 Å². The normalized spacial score (nSPS) is 9.91. The molecule has 0 saturated heterocycles. The number of benzene rings is 1. The Bertz CT molecular complexity index is 879. The lowest BCUT2D eigenvalue weighted by molar-refractivity contribution is -0.385. The Morgan fingerprint density at radius 2 is 2.13 bits per heavy atom. The van der Waals surface area contributed by atoms with E-state index in [1.165, 1.54) is 13.2 Å². The van der Waals surface area contributed by atoms with Gasteiger partial charge in [-0.25, -0.2) is 0 Å². The summed E-state index contributed by atoms with van der Waals surface area (Å²) < 4.78 is 5.93. The van der Waals surface area contributed by atoms with E-state index in [1.807, 2.05) is 0 Å². The van der Waals surface area contributed by atoms with E-state index in [1.54, 1.807) is 24.3 Å². The maximum atomic E-state index is 12.3. The molecule has 0 aliphatic heterocycles. The molecule has 1 aromatic carbocycles. The highest BCUT2D eigenvalue weighted by Gasteiger charge is 2.18. The first-order valence-electron chi connectivity index (χ1n) is 6.43. The van der Waals surface area contributed by atoms with Gasteiger partial charge in [0.05, 0.1) is 30.3 Å². The van der Waals surface area contributed by atoms with Gasteiger partial charge >= 0.3 is 0 Å². The molecule has 0 atom stereocenters. The highest BCUT2D eigenvalue weighted by Crippen LogP contribution is 2.18. The van der Waals surface area contributed by atoms with E-state index in [0.717, 1.165) is 16.8 Å². The quantitative estimate of drug-likeness (QED) is 0.469. The lowest BCUT2D eigenvalue weighted by Crippen LogP contribution is -2.26. The molecule has 8 nitrogen and oxygen atoms in total. The second kappa shape index (κ2) is 6.53. The number of ketones is 1. The van der Waals surface area contributed by atoms with Gasteiger partial charge in [-0.15, -0.1) is 0 Å². The second-order valence-corrected chi connectivity index (χ2v) is 4.54. The summed E-state index contributed by atoms with van der Waals surface area (Å²) in [5, 5.41) is 19.8. The number of ether oxygens (including phenoxy) is 1. The zero-order chi connectivity index (χ0) is 17.0. The summed E-state index contributed by atoms with van der Waals surface area (Å²) in [5.74, 6) is -0.134. The molecule has 0 saturated carbocycles. The number of para-hydroxylation sites is 1. The van der Waals surface area contributed by atoms with Gasteiger partial charge in [-0.3, -0.25) is 24.3 Å². The first-order chi connectivity index (χ1) is 11.0. The fraction of sp³-hybridized carbons (Fsp3) is 0.133. The van der Waals surface area contributed by atoms with E-state index in [9.17, 15) is 19.7 Å². The van der Waals surface area contributed by atoms with Crippen molar-refractivity contribution in [2.45, 2.75) is 6.54 Å². The van der Waals surface area contributed by atoms with E-state index in [0.29, 0.717) is 5.75 Å². The summed E-state index contributed by atoms with van der Waals surface area (Å²) in [6, 6.07) is 8.90. The van der Waals surface area contributed by atoms with Gasteiger partial charge in [0.1, 0.15) is 17.4 Å². The van der Waals surface area contributed by atoms with Crippen LogP contribution in [0, 0.1) is 21.4 Å². The molecule has 1 heterocycles. The van der Waals surface area contributed by atoms with Crippen molar-refractivity contribution >= 4 is 11.5 Å². The van der Waals surface area contributed by atoms with Gasteiger partial charge in [0.25, 0.3) is 11.2 Å². The molecule has 2 aromatic rings. The fourth-order valence-electron chi connectivity index (χ4n) is 2.03. The Labute approximate surface area is 130 Å². The maximum Gasteiger partial charge on any atom is 0.287 e. The number of methoxy groups -OCH3 is 1. The van der Waals surface area contributed by atoms with Crippen LogP contribution in [0.2, 0.25) is 0 Å². The molecule has 1 aromatic heterocycles. The van der Waals surface area contributed by atoms with Crippen molar-refractivity contribution in [2.24, 2.45) is 0 Å². The van der Waals surface area contributed by atoms with Gasteiger partial charge in [0.2, 0.25) is 0 Å². The third kappa shape index (κ3) is 3.24. The van der Waals surface area contributed by atoms with Crippen LogP contribution in [0.5, 0.6) is 5.75 Å². The van der Waals surface area contributed by atoms with Crippen molar-refractivity contribution in [3.05, 3.63) is 68.1 Å². The molecule has 23 heavy (non-hydrogen) atoms. The van der Waals surface area contributed by atoms with Crippen molar-refractivity contribution in [3.8, 4) is 11.8 Å². The SMILES string of the molecule is COc1ccccc1C(=O)Cn1cc([N+](=O)[O-])cc(C#N)c1=O. The highest BCUT2D eigenvalue weighted by atomic mass is 16.6. The Balaban J connectivity index is 2.46. The minimum absolute atomic E-state index is 0.243.